The maximum Gasteiger partial charge on any atom is 0.325 e. The second-order valence-corrected chi connectivity index (χ2v) is 7.10. The fourth-order valence-corrected chi connectivity index (χ4v) is 3.85. The van der Waals surface area contributed by atoms with E-state index < -0.39 is 15.5 Å². The smallest absolute Gasteiger partial charge is 0.325 e. The van der Waals surface area contributed by atoms with Crippen LogP contribution in [0, 0.1) is 0 Å². The Hall–Kier alpha value is -1.16. The van der Waals surface area contributed by atoms with Crippen molar-refractivity contribution in [2.75, 3.05) is 0 Å². The summed E-state index contributed by atoms with van der Waals surface area (Å²) in [4.78, 5) is 12.8. The molecule has 1 heterocycles. The van der Waals surface area contributed by atoms with Crippen LogP contribution in [-0.2, 0) is 20.3 Å². The Morgan fingerprint density at radius 2 is 2.05 bits per heavy atom. The zero-order valence-electron chi connectivity index (χ0n) is 11.4. The highest BCUT2D eigenvalue weighted by molar-refractivity contribution is 7.87. The van der Waals surface area contributed by atoms with Gasteiger partial charge in [-0.1, -0.05) is 38.0 Å². The van der Waals surface area contributed by atoms with Gasteiger partial charge >= 0.3 is 5.97 Å². The van der Waals surface area contributed by atoms with E-state index in [-0.39, 0.29) is 12.1 Å². The lowest BCUT2D eigenvalue weighted by Gasteiger charge is -2.18. The van der Waals surface area contributed by atoms with E-state index in [2.05, 4.69) is 6.92 Å². The van der Waals surface area contributed by atoms with Crippen LogP contribution in [0.1, 0.15) is 39.5 Å². The van der Waals surface area contributed by atoms with Crippen molar-refractivity contribution in [1.29, 1.82) is 0 Å². The van der Waals surface area contributed by atoms with Gasteiger partial charge in [0.15, 0.2) is 0 Å². The highest BCUT2D eigenvalue weighted by Crippen LogP contribution is 2.35. The third kappa shape index (κ3) is 2.89. The molecule has 3 atom stereocenters. The zero-order valence-corrected chi connectivity index (χ0v) is 12.2. The Labute approximate surface area is 116 Å². The lowest BCUT2D eigenvalue weighted by atomic mass is 10.0. The number of unbranched alkanes of at least 4 members (excludes halogenated alkanes) is 1. The third-order valence-corrected chi connectivity index (χ3v) is 5.42. The van der Waals surface area contributed by atoms with Gasteiger partial charge in [0.05, 0.1) is 10.8 Å². The van der Waals surface area contributed by atoms with Gasteiger partial charge in [0, 0.05) is 11.3 Å². The first kappa shape index (κ1) is 14.3. The summed E-state index contributed by atoms with van der Waals surface area (Å²) in [6.07, 6.45) is 3.44. The molecule has 3 unspecified atom stereocenters. The van der Waals surface area contributed by atoms with Crippen LogP contribution in [0.4, 0.5) is 0 Å². The highest BCUT2D eigenvalue weighted by Gasteiger charge is 2.50. The Balaban J connectivity index is 2.14. The van der Waals surface area contributed by atoms with Gasteiger partial charge < -0.3 is 4.74 Å². The first-order chi connectivity index (χ1) is 9.08. The van der Waals surface area contributed by atoms with E-state index >= 15 is 0 Å². The van der Waals surface area contributed by atoms with Gasteiger partial charge in [-0.25, -0.2) is 0 Å². The lowest BCUT2D eigenvalue weighted by Crippen LogP contribution is -2.35. The molecule has 0 N–H and O–H groups in total. The third-order valence-electron chi connectivity index (χ3n) is 3.57. The van der Waals surface area contributed by atoms with Crippen molar-refractivity contribution in [3.63, 3.8) is 0 Å². The van der Waals surface area contributed by atoms with Gasteiger partial charge in [-0.2, -0.15) is 0 Å². The summed E-state index contributed by atoms with van der Waals surface area (Å²) in [6.45, 7) is 3.86. The number of esters is 1. The Bertz CT molecular complexity index is 472. The molecule has 19 heavy (non-hydrogen) atoms. The van der Waals surface area contributed by atoms with Crippen molar-refractivity contribution in [3.05, 3.63) is 30.3 Å². The summed E-state index contributed by atoms with van der Waals surface area (Å²) < 4.78 is 17.1. The SMILES string of the molecule is CCCCC1CC(C)(S(=O)c2ccccc2)C(=O)O1. The molecule has 0 radical (unpaired) electrons. The standard InChI is InChI=1S/C15H20O3S/c1-3-4-8-12-11-15(2,14(16)18-12)19(17)13-9-6-5-7-10-13/h5-7,9-10,12H,3-4,8,11H2,1-2H3. The molecule has 0 bridgehead atoms. The number of hydrogen-bond donors (Lipinski definition) is 0. The lowest BCUT2D eigenvalue weighted by molar-refractivity contribution is -0.143. The topological polar surface area (TPSA) is 43.4 Å². The van der Waals surface area contributed by atoms with Crippen LogP contribution >= 0.6 is 0 Å². The van der Waals surface area contributed by atoms with Gasteiger partial charge in [-0.15, -0.1) is 0 Å². The van der Waals surface area contributed by atoms with E-state index in [0.29, 0.717) is 11.3 Å². The molecule has 1 aliphatic rings. The Morgan fingerprint density at radius 3 is 2.68 bits per heavy atom. The van der Waals surface area contributed by atoms with Crippen LogP contribution in [0.25, 0.3) is 0 Å². The van der Waals surface area contributed by atoms with E-state index in [0.717, 1.165) is 19.3 Å². The molecule has 1 aromatic rings. The minimum Gasteiger partial charge on any atom is -0.461 e. The summed E-state index contributed by atoms with van der Waals surface area (Å²) in [5, 5.41) is 0. The number of benzene rings is 1. The Kier molecular flexibility index (Phi) is 4.40. The zero-order chi connectivity index (χ0) is 13.9. The summed E-state index contributed by atoms with van der Waals surface area (Å²) in [5.74, 6) is -0.323. The van der Waals surface area contributed by atoms with Crippen molar-refractivity contribution in [2.24, 2.45) is 0 Å². The van der Waals surface area contributed by atoms with Crippen LogP contribution in [0.2, 0.25) is 0 Å². The van der Waals surface area contributed by atoms with Gasteiger partial charge in [-0.3, -0.25) is 9.00 Å². The average Bonchev–Trinajstić information content (AvgIpc) is 2.73. The highest BCUT2D eigenvalue weighted by atomic mass is 32.2. The monoisotopic (exact) mass is 280 g/mol. The van der Waals surface area contributed by atoms with Gasteiger partial charge in [0.2, 0.25) is 0 Å². The summed E-state index contributed by atoms with van der Waals surface area (Å²) in [6, 6.07) is 9.15. The van der Waals surface area contributed by atoms with E-state index in [1.54, 1.807) is 19.1 Å². The van der Waals surface area contributed by atoms with E-state index in [9.17, 15) is 9.00 Å². The molecule has 0 spiro atoms. The number of ether oxygens (including phenoxy) is 1. The molecule has 1 aliphatic heterocycles. The van der Waals surface area contributed by atoms with Gasteiger partial charge in [0.1, 0.15) is 10.9 Å². The Morgan fingerprint density at radius 1 is 1.37 bits per heavy atom. The number of hydrogen-bond acceptors (Lipinski definition) is 3. The molecular weight excluding hydrogens is 260 g/mol. The van der Waals surface area contributed by atoms with Crippen LogP contribution in [-0.4, -0.2) is 21.0 Å². The van der Waals surface area contributed by atoms with Crippen LogP contribution in [0.3, 0.4) is 0 Å². The first-order valence-electron chi connectivity index (χ1n) is 6.76. The van der Waals surface area contributed by atoms with Crippen molar-refractivity contribution in [3.8, 4) is 0 Å². The molecule has 4 heteroatoms. The quantitative estimate of drug-likeness (QED) is 0.779. The second kappa shape index (κ2) is 5.87. The molecular formula is C15H20O3S. The number of rotatable bonds is 5. The summed E-state index contributed by atoms with van der Waals surface area (Å²) in [5.41, 5.74) is 0. The predicted molar refractivity (Wildman–Crippen MR) is 75.3 cm³/mol. The maximum absolute atomic E-state index is 12.6. The van der Waals surface area contributed by atoms with Crippen molar-refractivity contribution < 1.29 is 13.7 Å². The minimum absolute atomic E-state index is 0.0786. The normalized spacial score (nSPS) is 28.1. The van der Waals surface area contributed by atoms with Crippen molar-refractivity contribution >= 4 is 16.8 Å². The van der Waals surface area contributed by atoms with E-state index in [1.165, 1.54) is 0 Å². The average molecular weight is 280 g/mol. The molecule has 1 aromatic carbocycles. The molecule has 0 saturated carbocycles. The molecule has 2 rings (SSSR count). The molecule has 0 aliphatic carbocycles. The molecule has 3 nitrogen and oxygen atoms in total. The van der Waals surface area contributed by atoms with Gasteiger partial charge in [0.25, 0.3) is 0 Å². The number of carbonyl (C=O) groups excluding carboxylic acids is 1. The van der Waals surface area contributed by atoms with Crippen molar-refractivity contribution in [1.82, 2.24) is 0 Å². The maximum atomic E-state index is 12.6. The molecule has 104 valence electrons. The van der Waals surface area contributed by atoms with Crippen LogP contribution in [0.15, 0.2) is 35.2 Å². The second-order valence-electron chi connectivity index (χ2n) is 5.19. The number of cyclic esters (lactones) is 1. The van der Waals surface area contributed by atoms with Crippen LogP contribution in [0.5, 0.6) is 0 Å². The summed E-state index contributed by atoms with van der Waals surface area (Å²) >= 11 is 0. The largest absolute Gasteiger partial charge is 0.461 e. The van der Waals surface area contributed by atoms with E-state index in [1.807, 2.05) is 18.2 Å². The molecule has 1 fully saturated rings. The fraction of sp³-hybridized carbons (Fsp3) is 0.533. The fourth-order valence-electron chi connectivity index (χ4n) is 2.38. The minimum atomic E-state index is -1.36. The van der Waals surface area contributed by atoms with E-state index in [4.69, 9.17) is 4.74 Å². The molecule has 0 amide bonds. The molecule has 1 saturated heterocycles. The number of carbonyl (C=O) groups is 1. The van der Waals surface area contributed by atoms with Crippen LogP contribution < -0.4 is 0 Å². The summed E-state index contributed by atoms with van der Waals surface area (Å²) in [7, 11) is -1.36. The predicted octanol–water partition coefficient (Wildman–Crippen LogP) is 3.06. The van der Waals surface area contributed by atoms with Gasteiger partial charge in [-0.05, 0) is 25.5 Å². The van der Waals surface area contributed by atoms with Crippen molar-refractivity contribution in [2.45, 2.75) is 55.3 Å². The molecule has 0 aromatic heterocycles. The first-order valence-corrected chi connectivity index (χ1v) is 7.91.